The third kappa shape index (κ3) is 2.11. The molecule has 2 heteroatoms. The van der Waals surface area contributed by atoms with Crippen LogP contribution in [-0.2, 0) is 0 Å². The van der Waals surface area contributed by atoms with Crippen molar-refractivity contribution in [2.75, 3.05) is 5.32 Å². The largest absolute Gasteiger partial charge is 0.381 e. The van der Waals surface area contributed by atoms with E-state index in [2.05, 4.69) is 36.0 Å². The van der Waals surface area contributed by atoms with Gasteiger partial charge in [-0.1, -0.05) is 26.7 Å². The Kier molecular flexibility index (Phi) is 2.82. The van der Waals surface area contributed by atoms with Crippen molar-refractivity contribution in [1.29, 1.82) is 0 Å². The quantitative estimate of drug-likeness (QED) is 0.772. The molecule has 0 amide bonds. The third-order valence-electron chi connectivity index (χ3n) is 3.37. The molecule has 0 spiro atoms. The topological polar surface area (TPSA) is 12.0 Å². The molecule has 0 aromatic carbocycles. The monoisotopic (exact) mass is 209 g/mol. The van der Waals surface area contributed by atoms with Gasteiger partial charge in [0.05, 0.1) is 0 Å². The molecule has 1 aliphatic carbocycles. The van der Waals surface area contributed by atoms with Gasteiger partial charge in [0.2, 0.25) is 0 Å². The van der Waals surface area contributed by atoms with Gasteiger partial charge >= 0.3 is 0 Å². The molecular weight excluding hydrogens is 190 g/mol. The lowest BCUT2D eigenvalue weighted by Gasteiger charge is -2.39. The Labute approximate surface area is 90.5 Å². The van der Waals surface area contributed by atoms with Gasteiger partial charge in [0.1, 0.15) is 0 Å². The summed E-state index contributed by atoms with van der Waals surface area (Å²) in [7, 11) is 0. The van der Waals surface area contributed by atoms with Gasteiger partial charge in [-0.15, -0.1) is 0 Å². The zero-order valence-corrected chi connectivity index (χ0v) is 9.86. The zero-order valence-electron chi connectivity index (χ0n) is 9.05. The zero-order chi connectivity index (χ0) is 10.0. The van der Waals surface area contributed by atoms with Crippen LogP contribution in [0.3, 0.4) is 0 Å². The fourth-order valence-electron chi connectivity index (χ4n) is 2.31. The van der Waals surface area contributed by atoms with Crippen LogP contribution in [0.25, 0.3) is 0 Å². The lowest BCUT2D eigenvalue weighted by molar-refractivity contribution is 0.217. The van der Waals surface area contributed by atoms with Crippen LogP contribution in [0.15, 0.2) is 16.8 Å². The van der Waals surface area contributed by atoms with Crippen molar-refractivity contribution in [2.45, 2.75) is 45.6 Å². The van der Waals surface area contributed by atoms with Gasteiger partial charge in [0.25, 0.3) is 0 Å². The van der Waals surface area contributed by atoms with Crippen LogP contribution in [0.2, 0.25) is 0 Å². The first-order chi connectivity index (χ1) is 6.68. The third-order valence-corrected chi connectivity index (χ3v) is 4.05. The van der Waals surface area contributed by atoms with E-state index in [-0.39, 0.29) is 0 Å². The highest BCUT2D eigenvalue weighted by Gasteiger charge is 2.31. The maximum Gasteiger partial charge on any atom is 0.0451 e. The molecule has 14 heavy (non-hydrogen) atoms. The van der Waals surface area contributed by atoms with Crippen molar-refractivity contribution in [1.82, 2.24) is 0 Å². The van der Waals surface area contributed by atoms with Gasteiger partial charge in [-0.05, 0) is 29.7 Å². The van der Waals surface area contributed by atoms with Gasteiger partial charge < -0.3 is 5.32 Å². The Morgan fingerprint density at radius 2 is 2.29 bits per heavy atom. The van der Waals surface area contributed by atoms with Crippen molar-refractivity contribution in [3.05, 3.63) is 16.8 Å². The Bertz CT molecular complexity index is 277. The summed E-state index contributed by atoms with van der Waals surface area (Å²) in [4.78, 5) is 0. The van der Waals surface area contributed by atoms with Crippen molar-refractivity contribution < 1.29 is 0 Å². The lowest BCUT2D eigenvalue weighted by Crippen LogP contribution is -2.38. The lowest BCUT2D eigenvalue weighted by atomic mass is 9.73. The van der Waals surface area contributed by atoms with Crippen LogP contribution in [0.4, 0.5) is 5.69 Å². The molecule has 78 valence electrons. The molecule has 0 bridgehead atoms. The summed E-state index contributed by atoms with van der Waals surface area (Å²) in [5.41, 5.74) is 1.76. The molecule has 1 aromatic heterocycles. The highest BCUT2D eigenvalue weighted by atomic mass is 32.1. The average Bonchev–Trinajstić information content (AvgIpc) is 2.61. The molecule has 1 fully saturated rings. The molecule has 1 heterocycles. The van der Waals surface area contributed by atoms with Crippen LogP contribution in [0.1, 0.15) is 39.5 Å². The van der Waals surface area contributed by atoms with E-state index in [4.69, 9.17) is 0 Å². The predicted octanol–water partition coefficient (Wildman–Crippen LogP) is 4.13. The number of nitrogens with one attached hydrogen (secondary N) is 1. The van der Waals surface area contributed by atoms with E-state index in [9.17, 15) is 0 Å². The molecule has 1 atom stereocenters. The number of hydrogen-bond donors (Lipinski definition) is 1. The number of anilines is 1. The second-order valence-electron chi connectivity index (χ2n) is 4.94. The van der Waals surface area contributed by atoms with Gasteiger partial charge in [0.15, 0.2) is 0 Å². The van der Waals surface area contributed by atoms with Crippen molar-refractivity contribution in [3.63, 3.8) is 0 Å². The highest BCUT2D eigenvalue weighted by Crippen LogP contribution is 2.37. The summed E-state index contributed by atoms with van der Waals surface area (Å²) in [6.45, 7) is 4.77. The van der Waals surface area contributed by atoms with Crippen molar-refractivity contribution in [2.24, 2.45) is 5.41 Å². The van der Waals surface area contributed by atoms with Gasteiger partial charge in [-0.25, -0.2) is 0 Å². The second kappa shape index (κ2) is 3.93. The molecule has 1 aromatic rings. The van der Waals surface area contributed by atoms with E-state index in [1.165, 1.54) is 31.4 Å². The van der Waals surface area contributed by atoms with Crippen LogP contribution in [0, 0.1) is 5.41 Å². The molecule has 1 N–H and O–H groups in total. The second-order valence-corrected chi connectivity index (χ2v) is 5.72. The summed E-state index contributed by atoms with van der Waals surface area (Å²) < 4.78 is 0. The average molecular weight is 209 g/mol. The minimum Gasteiger partial charge on any atom is -0.381 e. The molecule has 1 unspecified atom stereocenters. The SMILES string of the molecule is CC1(C)CCCCC1Nc1ccsc1. The van der Waals surface area contributed by atoms with E-state index >= 15 is 0 Å². The summed E-state index contributed by atoms with van der Waals surface area (Å²) in [6, 6.07) is 2.83. The molecule has 0 saturated heterocycles. The van der Waals surface area contributed by atoms with Crippen LogP contribution >= 0.6 is 11.3 Å². The molecule has 0 radical (unpaired) electrons. The van der Waals surface area contributed by atoms with E-state index in [1.54, 1.807) is 11.3 Å². The fourth-order valence-corrected chi connectivity index (χ4v) is 2.91. The molecule has 1 aliphatic rings. The Morgan fingerprint density at radius 3 is 2.93 bits per heavy atom. The maximum absolute atomic E-state index is 3.66. The predicted molar refractivity (Wildman–Crippen MR) is 64.0 cm³/mol. The van der Waals surface area contributed by atoms with E-state index in [0.29, 0.717) is 11.5 Å². The first-order valence-corrected chi connectivity index (χ1v) is 6.41. The standard InChI is InChI=1S/C12H19NS/c1-12(2)7-4-3-5-11(12)13-10-6-8-14-9-10/h6,8-9,11,13H,3-5,7H2,1-2H3. The van der Waals surface area contributed by atoms with Crippen molar-refractivity contribution in [3.8, 4) is 0 Å². The minimum atomic E-state index is 0.459. The molecule has 1 saturated carbocycles. The first kappa shape index (κ1) is 10.0. The molecule has 2 rings (SSSR count). The smallest absolute Gasteiger partial charge is 0.0451 e. The van der Waals surface area contributed by atoms with Gasteiger partial charge in [0, 0.05) is 17.1 Å². The van der Waals surface area contributed by atoms with Gasteiger partial charge in [-0.2, -0.15) is 11.3 Å². The Hall–Kier alpha value is -0.500. The number of hydrogen-bond acceptors (Lipinski definition) is 2. The summed E-state index contributed by atoms with van der Waals surface area (Å²) in [6.07, 6.45) is 5.46. The normalized spacial score (nSPS) is 26.0. The Morgan fingerprint density at radius 1 is 1.43 bits per heavy atom. The van der Waals surface area contributed by atoms with Gasteiger partial charge in [-0.3, -0.25) is 0 Å². The summed E-state index contributed by atoms with van der Waals surface area (Å²) in [5.74, 6) is 0. The highest BCUT2D eigenvalue weighted by molar-refractivity contribution is 7.08. The Balaban J connectivity index is 2.02. The number of rotatable bonds is 2. The molecule has 0 aliphatic heterocycles. The van der Waals surface area contributed by atoms with Crippen LogP contribution in [0.5, 0.6) is 0 Å². The molecular formula is C12H19NS. The molecule has 1 nitrogen and oxygen atoms in total. The summed E-state index contributed by atoms with van der Waals surface area (Å²) in [5, 5.41) is 8.00. The van der Waals surface area contributed by atoms with Crippen LogP contribution < -0.4 is 5.32 Å². The number of thiophene rings is 1. The van der Waals surface area contributed by atoms with E-state index in [1.807, 2.05) is 0 Å². The summed E-state index contributed by atoms with van der Waals surface area (Å²) >= 11 is 1.77. The van der Waals surface area contributed by atoms with Crippen LogP contribution in [-0.4, -0.2) is 6.04 Å². The maximum atomic E-state index is 3.66. The van der Waals surface area contributed by atoms with E-state index < -0.39 is 0 Å². The fraction of sp³-hybridized carbons (Fsp3) is 0.667. The first-order valence-electron chi connectivity index (χ1n) is 5.47. The van der Waals surface area contributed by atoms with Crippen molar-refractivity contribution >= 4 is 17.0 Å². The minimum absolute atomic E-state index is 0.459. The van der Waals surface area contributed by atoms with E-state index in [0.717, 1.165) is 0 Å².